The summed E-state index contributed by atoms with van der Waals surface area (Å²) in [5.41, 5.74) is 0. The van der Waals surface area contributed by atoms with Crippen LogP contribution in [-0.2, 0) is 10.0 Å². The van der Waals surface area contributed by atoms with Crippen molar-refractivity contribution in [1.82, 2.24) is 10.0 Å². The van der Waals surface area contributed by atoms with Gasteiger partial charge in [-0.1, -0.05) is 19.8 Å². The van der Waals surface area contributed by atoms with E-state index in [0.29, 0.717) is 6.54 Å². The number of hydrogen-bond donors (Lipinski definition) is 2. The topological polar surface area (TPSA) is 58.2 Å². The highest BCUT2D eigenvalue weighted by atomic mass is 32.2. The van der Waals surface area contributed by atoms with Gasteiger partial charge in [-0.15, -0.1) is 0 Å². The van der Waals surface area contributed by atoms with Crippen molar-refractivity contribution in [2.24, 2.45) is 0 Å². The zero-order chi connectivity index (χ0) is 11.3. The van der Waals surface area contributed by atoms with E-state index in [1.54, 1.807) is 0 Å². The molecule has 2 unspecified atom stereocenters. The van der Waals surface area contributed by atoms with Crippen LogP contribution in [-0.4, -0.2) is 32.8 Å². The highest BCUT2D eigenvalue weighted by Gasteiger charge is 2.29. The zero-order valence-corrected chi connectivity index (χ0v) is 10.4. The van der Waals surface area contributed by atoms with Gasteiger partial charge in [-0.25, -0.2) is 13.1 Å². The van der Waals surface area contributed by atoms with Crippen molar-refractivity contribution < 1.29 is 8.42 Å². The summed E-state index contributed by atoms with van der Waals surface area (Å²) in [4.78, 5) is 0. The molecule has 1 saturated heterocycles. The van der Waals surface area contributed by atoms with Crippen molar-refractivity contribution >= 4 is 10.0 Å². The normalized spacial score (nSPS) is 24.3. The summed E-state index contributed by atoms with van der Waals surface area (Å²) in [7, 11) is -3.10. The van der Waals surface area contributed by atoms with Gasteiger partial charge in [-0.3, -0.25) is 0 Å². The fourth-order valence-electron chi connectivity index (χ4n) is 1.84. The molecule has 1 aliphatic rings. The number of rotatable bonds is 6. The van der Waals surface area contributed by atoms with Crippen molar-refractivity contribution in [2.75, 3.05) is 13.1 Å². The molecule has 1 heterocycles. The molecule has 0 bridgehead atoms. The molecule has 5 heteroatoms. The van der Waals surface area contributed by atoms with E-state index in [1.807, 2.05) is 6.92 Å². The van der Waals surface area contributed by atoms with E-state index < -0.39 is 10.0 Å². The third-order valence-corrected chi connectivity index (χ3v) is 4.82. The van der Waals surface area contributed by atoms with Gasteiger partial charge in [0.1, 0.15) is 0 Å². The maximum Gasteiger partial charge on any atom is 0.216 e. The van der Waals surface area contributed by atoms with Gasteiger partial charge in [0.2, 0.25) is 10.0 Å². The van der Waals surface area contributed by atoms with Crippen molar-refractivity contribution in [2.45, 2.75) is 50.8 Å². The smallest absolute Gasteiger partial charge is 0.216 e. The third-order valence-electron chi connectivity index (χ3n) is 2.81. The Bertz CT molecular complexity index is 271. The standard InChI is InChI=1S/C10H22N2O2S/c1-3-4-5-9(2)12-15(13,14)10-6-7-11-8-10/h9-12H,3-8H2,1-2H3. The fraction of sp³-hybridized carbons (Fsp3) is 1.00. The number of unbranched alkanes of at least 4 members (excludes halogenated alkanes) is 1. The van der Waals surface area contributed by atoms with Crippen LogP contribution in [0, 0.1) is 0 Å². The Hall–Kier alpha value is -0.130. The van der Waals surface area contributed by atoms with E-state index >= 15 is 0 Å². The van der Waals surface area contributed by atoms with Crippen LogP contribution in [0.5, 0.6) is 0 Å². The summed E-state index contributed by atoms with van der Waals surface area (Å²) in [5.74, 6) is 0. The number of sulfonamides is 1. The molecule has 15 heavy (non-hydrogen) atoms. The molecule has 1 aliphatic heterocycles. The van der Waals surface area contributed by atoms with Crippen LogP contribution in [0.2, 0.25) is 0 Å². The monoisotopic (exact) mass is 234 g/mol. The molecule has 0 aromatic carbocycles. The van der Waals surface area contributed by atoms with E-state index in [0.717, 1.165) is 32.2 Å². The van der Waals surface area contributed by atoms with Crippen LogP contribution in [0.25, 0.3) is 0 Å². The molecule has 2 N–H and O–H groups in total. The summed E-state index contributed by atoms with van der Waals surface area (Å²) >= 11 is 0. The van der Waals surface area contributed by atoms with E-state index in [9.17, 15) is 8.42 Å². The predicted molar refractivity (Wildman–Crippen MR) is 62.3 cm³/mol. The molecule has 0 saturated carbocycles. The Kier molecular flexibility index (Phi) is 5.02. The van der Waals surface area contributed by atoms with Crippen LogP contribution >= 0.6 is 0 Å². The average Bonchev–Trinajstić information content (AvgIpc) is 2.67. The van der Waals surface area contributed by atoms with Gasteiger partial charge in [0.25, 0.3) is 0 Å². The maximum atomic E-state index is 11.9. The highest BCUT2D eigenvalue weighted by Crippen LogP contribution is 2.10. The molecule has 90 valence electrons. The largest absolute Gasteiger partial charge is 0.315 e. The van der Waals surface area contributed by atoms with E-state index in [4.69, 9.17) is 0 Å². The van der Waals surface area contributed by atoms with E-state index in [-0.39, 0.29) is 11.3 Å². The first-order chi connectivity index (χ1) is 7.06. The summed E-state index contributed by atoms with van der Waals surface area (Å²) in [6, 6.07) is 0.0653. The van der Waals surface area contributed by atoms with Crippen molar-refractivity contribution in [3.8, 4) is 0 Å². The highest BCUT2D eigenvalue weighted by molar-refractivity contribution is 7.90. The lowest BCUT2D eigenvalue weighted by atomic mass is 10.2. The molecule has 4 nitrogen and oxygen atoms in total. The molecule has 2 atom stereocenters. The second-order valence-corrected chi connectivity index (χ2v) is 6.31. The van der Waals surface area contributed by atoms with Gasteiger partial charge < -0.3 is 5.32 Å². The van der Waals surface area contributed by atoms with Crippen LogP contribution < -0.4 is 10.0 Å². The first-order valence-electron chi connectivity index (χ1n) is 5.78. The first kappa shape index (κ1) is 12.9. The minimum atomic E-state index is -3.10. The summed E-state index contributed by atoms with van der Waals surface area (Å²) in [6.07, 6.45) is 3.84. The van der Waals surface area contributed by atoms with Crippen LogP contribution in [0.4, 0.5) is 0 Å². The van der Waals surface area contributed by atoms with Crippen molar-refractivity contribution in [3.63, 3.8) is 0 Å². The Morgan fingerprint density at radius 3 is 2.80 bits per heavy atom. The van der Waals surface area contributed by atoms with Crippen molar-refractivity contribution in [1.29, 1.82) is 0 Å². The summed E-state index contributed by atoms with van der Waals surface area (Å²) in [5, 5.41) is 2.84. The fourth-order valence-corrected chi connectivity index (χ4v) is 3.48. The van der Waals surface area contributed by atoms with E-state index in [1.165, 1.54) is 0 Å². The van der Waals surface area contributed by atoms with Gasteiger partial charge in [-0.2, -0.15) is 0 Å². The lowest BCUT2D eigenvalue weighted by Gasteiger charge is -2.17. The molecule has 0 aromatic rings. The van der Waals surface area contributed by atoms with Crippen LogP contribution in [0.1, 0.15) is 39.5 Å². The molecular weight excluding hydrogens is 212 g/mol. The Morgan fingerprint density at radius 1 is 1.53 bits per heavy atom. The number of nitrogens with one attached hydrogen (secondary N) is 2. The minimum absolute atomic E-state index is 0.0653. The summed E-state index contributed by atoms with van der Waals surface area (Å²) in [6.45, 7) is 5.46. The molecule has 0 aromatic heterocycles. The molecule has 1 fully saturated rings. The molecule has 1 rings (SSSR count). The second-order valence-electron chi connectivity index (χ2n) is 4.32. The van der Waals surface area contributed by atoms with Gasteiger partial charge in [0.05, 0.1) is 5.25 Å². The summed E-state index contributed by atoms with van der Waals surface area (Å²) < 4.78 is 26.5. The molecule has 0 aliphatic carbocycles. The number of hydrogen-bond acceptors (Lipinski definition) is 3. The van der Waals surface area contributed by atoms with Gasteiger partial charge in [0, 0.05) is 12.6 Å². The minimum Gasteiger partial charge on any atom is -0.315 e. The van der Waals surface area contributed by atoms with Crippen LogP contribution in [0.15, 0.2) is 0 Å². The third kappa shape index (κ3) is 4.09. The Balaban J connectivity index is 2.41. The molecule has 0 spiro atoms. The lowest BCUT2D eigenvalue weighted by Crippen LogP contribution is -2.40. The molecule has 0 radical (unpaired) electrons. The first-order valence-corrected chi connectivity index (χ1v) is 7.32. The second kappa shape index (κ2) is 5.82. The Labute approximate surface area is 92.9 Å². The van der Waals surface area contributed by atoms with Crippen LogP contribution in [0.3, 0.4) is 0 Å². The molecular formula is C10H22N2O2S. The quantitative estimate of drug-likeness (QED) is 0.716. The Morgan fingerprint density at radius 2 is 2.27 bits per heavy atom. The van der Waals surface area contributed by atoms with E-state index in [2.05, 4.69) is 17.0 Å². The molecule has 0 amide bonds. The van der Waals surface area contributed by atoms with Gasteiger partial charge in [-0.05, 0) is 26.3 Å². The zero-order valence-electron chi connectivity index (χ0n) is 9.62. The lowest BCUT2D eigenvalue weighted by molar-refractivity contribution is 0.525. The predicted octanol–water partition coefficient (Wildman–Crippen LogP) is 0.846. The SMILES string of the molecule is CCCCC(C)NS(=O)(=O)C1CCNC1. The van der Waals surface area contributed by atoms with Gasteiger partial charge in [0.15, 0.2) is 0 Å². The average molecular weight is 234 g/mol. The van der Waals surface area contributed by atoms with Gasteiger partial charge >= 0.3 is 0 Å². The maximum absolute atomic E-state index is 11.9. The van der Waals surface area contributed by atoms with Crippen molar-refractivity contribution in [3.05, 3.63) is 0 Å².